The number of amides is 1. The summed E-state index contributed by atoms with van der Waals surface area (Å²) in [6.07, 6.45) is 0.756. The van der Waals surface area contributed by atoms with Crippen molar-refractivity contribution in [1.29, 1.82) is 0 Å². The number of esters is 1. The second kappa shape index (κ2) is 7.39. The zero-order chi connectivity index (χ0) is 19.7. The normalized spacial score (nSPS) is 23.0. The van der Waals surface area contributed by atoms with Crippen molar-refractivity contribution in [3.8, 4) is 0 Å². The third kappa shape index (κ3) is 4.26. The molecule has 2 unspecified atom stereocenters. The number of ether oxygens (including phenoxy) is 2. The first kappa shape index (κ1) is 20.4. The monoisotopic (exact) mass is 386 g/mol. The molecule has 2 atom stereocenters. The van der Waals surface area contributed by atoms with Gasteiger partial charge in [-0.3, -0.25) is 9.78 Å². The van der Waals surface area contributed by atoms with Gasteiger partial charge in [-0.1, -0.05) is 11.6 Å². The van der Waals surface area contributed by atoms with Crippen molar-refractivity contribution in [1.82, 2.24) is 9.88 Å². The summed E-state index contributed by atoms with van der Waals surface area (Å²) in [7, 11) is 0. The molecule has 1 aromatic heterocycles. The standard InChI is InChI=1S/C18H24ClFN2O4/c1-6-25-15(23)18(5)10-22(16(24)26-17(2,3)4)9-12(18)14-13(20)7-11(19)8-21-14/h7-8,12H,6,9-10H2,1-5H3. The van der Waals surface area contributed by atoms with Gasteiger partial charge in [0.1, 0.15) is 11.4 Å². The minimum absolute atomic E-state index is 0.0508. The molecule has 26 heavy (non-hydrogen) atoms. The minimum atomic E-state index is -1.14. The molecule has 1 fully saturated rings. The highest BCUT2D eigenvalue weighted by Crippen LogP contribution is 2.44. The zero-order valence-electron chi connectivity index (χ0n) is 15.6. The molecular formula is C18H24ClFN2O4. The van der Waals surface area contributed by atoms with Crippen LogP contribution in [0.3, 0.4) is 0 Å². The highest BCUT2D eigenvalue weighted by atomic mass is 35.5. The van der Waals surface area contributed by atoms with Gasteiger partial charge in [-0.15, -0.1) is 0 Å². The Morgan fingerprint density at radius 3 is 2.65 bits per heavy atom. The van der Waals surface area contributed by atoms with Gasteiger partial charge >= 0.3 is 12.1 Å². The van der Waals surface area contributed by atoms with E-state index in [-0.39, 0.29) is 30.4 Å². The van der Waals surface area contributed by atoms with E-state index in [2.05, 4.69) is 4.98 Å². The molecule has 0 spiro atoms. The number of nitrogens with zero attached hydrogens (tertiary/aromatic N) is 2. The van der Waals surface area contributed by atoms with Crippen LogP contribution in [0.15, 0.2) is 12.3 Å². The molecule has 0 bridgehead atoms. The van der Waals surface area contributed by atoms with Gasteiger partial charge < -0.3 is 14.4 Å². The number of pyridine rings is 1. The fourth-order valence-corrected chi connectivity index (χ4v) is 3.18. The summed E-state index contributed by atoms with van der Waals surface area (Å²) in [6, 6.07) is 1.14. The zero-order valence-corrected chi connectivity index (χ0v) is 16.4. The second-order valence-electron chi connectivity index (χ2n) is 7.57. The molecule has 1 saturated heterocycles. The molecule has 2 rings (SSSR count). The SMILES string of the molecule is CCOC(=O)C1(C)CN(C(=O)OC(C)(C)C)CC1c1ncc(Cl)cc1F. The Balaban J connectivity index is 2.39. The summed E-state index contributed by atoms with van der Waals surface area (Å²) >= 11 is 5.78. The molecular weight excluding hydrogens is 363 g/mol. The molecule has 144 valence electrons. The average molecular weight is 387 g/mol. The number of hydrogen-bond donors (Lipinski definition) is 0. The van der Waals surface area contributed by atoms with E-state index in [0.717, 1.165) is 6.07 Å². The van der Waals surface area contributed by atoms with E-state index >= 15 is 0 Å². The van der Waals surface area contributed by atoms with Crippen LogP contribution in [0.25, 0.3) is 0 Å². The Kier molecular flexibility index (Phi) is 5.80. The number of carbonyl (C=O) groups is 2. The van der Waals surface area contributed by atoms with Crippen LogP contribution < -0.4 is 0 Å². The smallest absolute Gasteiger partial charge is 0.410 e. The van der Waals surface area contributed by atoms with E-state index in [9.17, 15) is 14.0 Å². The molecule has 0 aromatic carbocycles. The first-order chi connectivity index (χ1) is 12.0. The summed E-state index contributed by atoms with van der Waals surface area (Å²) in [5.41, 5.74) is -1.75. The number of carbonyl (C=O) groups excluding carboxylic acids is 2. The molecule has 2 heterocycles. The minimum Gasteiger partial charge on any atom is -0.466 e. The summed E-state index contributed by atoms with van der Waals surface area (Å²) in [4.78, 5) is 30.5. The maximum Gasteiger partial charge on any atom is 0.410 e. The van der Waals surface area contributed by atoms with Crippen molar-refractivity contribution in [2.75, 3.05) is 19.7 Å². The number of likely N-dealkylation sites (tertiary alicyclic amines) is 1. The fraction of sp³-hybridized carbons (Fsp3) is 0.611. The molecule has 0 saturated carbocycles. The summed E-state index contributed by atoms with van der Waals surface area (Å²) in [5.74, 6) is -1.80. The Hall–Kier alpha value is -1.89. The topological polar surface area (TPSA) is 68.7 Å². The highest BCUT2D eigenvalue weighted by molar-refractivity contribution is 6.30. The Bertz CT molecular complexity index is 707. The van der Waals surface area contributed by atoms with Crippen LogP contribution in [0.2, 0.25) is 5.02 Å². The van der Waals surface area contributed by atoms with Gasteiger partial charge in [-0.2, -0.15) is 0 Å². The van der Waals surface area contributed by atoms with Crippen LogP contribution in [0.5, 0.6) is 0 Å². The molecule has 1 aromatic rings. The van der Waals surface area contributed by atoms with Gasteiger partial charge in [0.2, 0.25) is 0 Å². The highest BCUT2D eigenvalue weighted by Gasteiger charge is 2.53. The van der Waals surface area contributed by atoms with Gasteiger partial charge in [0.05, 0.1) is 22.7 Å². The molecule has 0 radical (unpaired) electrons. The number of hydrogen-bond acceptors (Lipinski definition) is 5. The lowest BCUT2D eigenvalue weighted by Gasteiger charge is -2.28. The van der Waals surface area contributed by atoms with Gasteiger partial charge in [0, 0.05) is 25.2 Å². The predicted molar refractivity (Wildman–Crippen MR) is 94.5 cm³/mol. The summed E-state index contributed by atoms with van der Waals surface area (Å²) in [5, 5.41) is 0.158. The van der Waals surface area contributed by atoms with Crippen molar-refractivity contribution in [3.63, 3.8) is 0 Å². The molecule has 1 aliphatic rings. The number of rotatable bonds is 3. The molecule has 1 aliphatic heterocycles. The van der Waals surface area contributed by atoms with Crippen LogP contribution in [0.4, 0.5) is 9.18 Å². The molecule has 8 heteroatoms. The van der Waals surface area contributed by atoms with Gasteiger partial charge in [-0.25, -0.2) is 9.18 Å². The lowest BCUT2D eigenvalue weighted by Crippen LogP contribution is -2.39. The molecule has 6 nitrogen and oxygen atoms in total. The first-order valence-corrected chi connectivity index (χ1v) is 8.82. The van der Waals surface area contributed by atoms with E-state index in [0.29, 0.717) is 0 Å². The molecule has 0 aliphatic carbocycles. The average Bonchev–Trinajstić information content (AvgIpc) is 2.85. The Labute approximate surface area is 157 Å². The van der Waals surface area contributed by atoms with Crippen LogP contribution in [0.1, 0.15) is 46.2 Å². The maximum atomic E-state index is 14.5. The molecule has 0 N–H and O–H groups in total. The molecule has 1 amide bonds. The van der Waals surface area contributed by atoms with Crippen molar-refractivity contribution < 1.29 is 23.5 Å². The third-order valence-corrected chi connectivity index (χ3v) is 4.46. The fourth-order valence-electron chi connectivity index (χ4n) is 3.03. The maximum absolute atomic E-state index is 14.5. The largest absolute Gasteiger partial charge is 0.466 e. The van der Waals surface area contributed by atoms with E-state index in [4.69, 9.17) is 21.1 Å². The Morgan fingerprint density at radius 2 is 2.12 bits per heavy atom. The number of halogens is 2. The van der Waals surface area contributed by atoms with Crippen LogP contribution in [-0.4, -0.2) is 47.2 Å². The second-order valence-corrected chi connectivity index (χ2v) is 8.01. The predicted octanol–water partition coefficient (Wildman–Crippen LogP) is 3.78. The summed E-state index contributed by atoms with van der Waals surface area (Å²) < 4.78 is 25.0. The van der Waals surface area contributed by atoms with Crippen molar-refractivity contribution in [2.45, 2.75) is 46.1 Å². The van der Waals surface area contributed by atoms with Crippen LogP contribution in [0, 0.1) is 11.2 Å². The van der Waals surface area contributed by atoms with E-state index < -0.39 is 34.8 Å². The van der Waals surface area contributed by atoms with Gasteiger partial charge in [0.25, 0.3) is 0 Å². The van der Waals surface area contributed by atoms with Crippen molar-refractivity contribution >= 4 is 23.7 Å². The number of aromatic nitrogens is 1. The lowest BCUT2D eigenvalue weighted by molar-refractivity contribution is -0.154. The third-order valence-electron chi connectivity index (χ3n) is 4.25. The van der Waals surface area contributed by atoms with E-state index in [1.807, 2.05) is 0 Å². The van der Waals surface area contributed by atoms with Crippen LogP contribution >= 0.6 is 11.6 Å². The quantitative estimate of drug-likeness (QED) is 0.739. The van der Waals surface area contributed by atoms with Gasteiger partial charge in [0.15, 0.2) is 0 Å². The van der Waals surface area contributed by atoms with Crippen molar-refractivity contribution in [3.05, 3.63) is 28.8 Å². The first-order valence-electron chi connectivity index (χ1n) is 8.44. The van der Waals surface area contributed by atoms with Crippen molar-refractivity contribution in [2.24, 2.45) is 5.41 Å². The van der Waals surface area contributed by atoms with Crippen LogP contribution in [-0.2, 0) is 14.3 Å². The summed E-state index contributed by atoms with van der Waals surface area (Å²) in [6.45, 7) is 8.93. The lowest BCUT2D eigenvalue weighted by atomic mass is 9.77. The van der Waals surface area contributed by atoms with E-state index in [1.54, 1.807) is 34.6 Å². The van der Waals surface area contributed by atoms with Gasteiger partial charge in [-0.05, 0) is 40.7 Å². The Morgan fingerprint density at radius 1 is 1.46 bits per heavy atom. The van der Waals surface area contributed by atoms with E-state index in [1.165, 1.54) is 11.1 Å².